The molecule has 0 bridgehead atoms. The highest BCUT2D eigenvalue weighted by atomic mass is 16.5. The van der Waals surface area contributed by atoms with E-state index in [-0.39, 0.29) is 13.2 Å². The second-order valence-electron chi connectivity index (χ2n) is 6.80. The Labute approximate surface area is 142 Å². The van der Waals surface area contributed by atoms with Gasteiger partial charge in [-0.25, -0.2) is 0 Å². The van der Waals surface area contributed by atoms with Crippen LogP contribution in [-0.2, 0) is 9.53 Å². The van der Waals surface area contributed by atoms with Gasteiger partial charge in [-0.2, -0.15) is 0 Å². The van der Waals surface area contributed by atoms with E-state index >= 15 is 0 Å². The van der Waals surface area contributed by atoms with Crippen LogP contribution in [0.2, 0.25) is 0 Å². The molecule has 0 amide bonds. The summed E-state index contributed by atoms with van der Waals surface area (Å²) in [5.74, 6) is 0.00985. The quantitative estimate of drug-likeness (QED) is 0.666. The predicted octanol–water partition coefficient (Wildman–Crippen LogP) is 1.66. The lowest BCUT2D eigenvalue weighted by atomic mass is 9.75. The molecular weight excluding hydrogens is 308 g/mol. The first-order chi connectivity index (χ1) is 11.3. The number of ether oxygens (including phenoxy) is 1. The number of aliphatic hydroxyl groups is 3. The van der Waals surface area contributed by atoms with E-state index in [9.17, 15) is 15.0 Å². The van der Waals surface area contributed by atoms with Gasteiger partial charge in [0.15, 0.2) is 11.4 Å². The van der Waals surface area contributed by atoms with Crippen LogP contribution in [0.5, 0.6) is 0 Å². The molecule has 4 atom stereocenters. The molecule has 0 radical (unpaired) electrons. The Morgan fingerprint density at radius 2 is 2.21 bits per heavy atom. The van der Waals surface area contributed by atoms with Gasteiger partial charge >= 0.3 is 0 Å². The van der Waals surface area contributed by atoms with Crippen LogP contribution in [0.4, 0.5) is 0 Å². The van der Waals surface area contributed by atoms with Gasteiger partial charge in [-0.15, -0.1) is 0 Å². The average Bonchev–Trinajstić information content (AvgIpc) is 2.51. The summed E-state index contributed by atoms with van der Waals surface area (Å²) in [7, 11) is 0. The molecule has 1 unspecified atom stereocenters. The topological polar surface area (TPSA) is 87.0 Å². The molecule has 24 heavy (non-hydrogen) atoms. The number of ketones is 1. The Balaban J connectivity index is 2.14. The number of hydrogen-bond acceptors (Lipinski definition) is 5. The van der Waals surface area contributed by atoms with E-state index in [1.54, 1.807) is 6.08 Å². The highest BCUT2D eigenvalue weighted by molar-refractivity contribution is 5.99. The number of allylic oxidation sites excluding steroid dienone is 5. The molecule has 2 rings (SSSR count). The highest BCUT2D eigenvalue weighted by Gasteiger charge is 2.47. The van der Waals surface area contributed by atoms with Gasteiger partial charge in [-0.1, -0.05) is 24.6 Å². The Hall–Kier alpha value is -1.69. The number of carbonyl (C=O) groups is 1. The Morgan fingerprint density at radius 3 is 2.88 bits per heavy atom. The summed E-state index contributed by atoms with van der Waals surface area (Å²) < 4.78 is 5.63. The van der Waals surface area contributed by atoms with Crippen LogP contribution in [-0.4, -0.2) is 46.0 Å². The minimum Gasteiger partial charge on any atom is -0.493 e. The van der Waals surface area contributed by atoms with Crippen LogP contribution >= 0.6 is 0 Å². The van der Waals surface area contributed by atoms with E-state index in [1.807, 2.05) is 26.0 Å². The van der Waals surface area contributed by atoms with Crippen molar-refractivity contribution in [2.24, 2.45) is 11.8 Å². The third-order valence-corrected chi connectivity index (χ3v) is 4.56. The van der Waals surface area contributed by atoms with E-state index in [0.717, 1.165) is 12.0 Å². The third-order valence-electron chi connectivity index (χ3n) is 4.56. The fraction of sp³-hybridized carbons (Fsp3) is 0.526. The summed E-state index contributed by atoms with van der Waals surface area (Å²) in [6.45, 7) is 5.73. The summed E-state index contributed by atoms with van der Waals surface area (Å²) in [6.07, 6.45) is 8.47. The third kappa shape index (κ3) is 4.04. The van der Waals surface area contributed by atoms with Crippen molar-refractivity contribution in [1.82, 2.24) is 0 Å². The van der Waals surface area contributed by atoms with E-state index in [1.165, 1.54) is 13.0 Å². The number of carbonyl (C=O) groups excluding carboxylic acids is 1. The van der Waals surface area contributed by atoms with Crippen molar-refractivity contribution in [3.05, 3.63) is 47.3 Å². The van der Waals surface area contributed by atoms with Crippen molar-refractivity contribution < 1.29 is 24.9 Å². The lowest BCUT2D eigenvalue weighted by Gasteiger charge is -2.39. The van der Waals surface area contributed by atoms with Crippen LogP contribution in [0.3, 0.4) is 0 Å². The molecule has 2 aliphatic rings. The van der Waals surface area contributed by atoms with Crippen molar-refractivity contribution in [2.75, 3.05) is 13.2 Å². The van der Waals surface area contributed by atoms with Gasteiger partial charge in [0, 0.05) is 12.5 Å². The summed E-state index contributed by atoms with van der Waals surface area (Å²) in [4.78, 5) is 11.9. The first kappa shape index (κ1) is 18.6. The normalized spacial score (nSPS) is 32.1. The first-order valence-corrected chi connectivity index (χ1v) is 8.24. The monoisotopic (exact) mass is 334 g/mol. The standard InChI is InChI=1S/C19H26O5/c1-12(8-13(2)6-7-20)4-5-15-9-14-10-17(21)19(3,23)18(22)16(14)11-24-15/h4-5,8-10,13,16,18,20,22-23H,6-7,11H2,1-3H3/b5-4+,12-8+/t13?,16-,18+,19-/m0/s1. The Bertz CT molecular complexity index is 609. The lowest BCUT2D eigenvalue weighted by Crippen LogP contribution is -2.54. The maximum Gasteiger partial charge on any atom is 0.189 e. The minimum atomic E-state index is -1.76. The molecule has 0 fully saturated rings. The molecule has 5 heteroatoms. The number of hydrogen-bond donors (Lipinski definition) is 3. The maximum absolute atomic E-state index is 11.9. The second kappa shape index (κ2) is 7.47. The smallest absolute Gasteiger partial charge is 0.189 e. The van der Waals surface area contributed by atoms with E-state index in [0.29, 0.717) is 17.3 Å². The Morgan fingerprint density at radius 1 is 1.50 bits per heavy atom. The van der Waals surface area contributed by atoms with Gasteiger partial charge in [0.05, 0.1) is 12.7 Å². The number of rotatable bonds is 5. The van der Waals surface area contributed by atoms with Gasteiger partial charge in [-0.3, -0.25) is 4.79 Å². The Kier molecular flexibility index (Phi) is 5.80. The molecule has 0 saturated carbocycles. The lowest BCUT2D eigenvalue weighted by molar-refractivity contribution is -0.150. The van der Waals surface area contributed by atoms with Crippen LogP contribution in [0.15, 0.2) is 47.3 Å². The summed E-state index contributed by atoms with van der Waals surface area (Å²) in [5, 5.41) is 29.2. The minimum absolute atomic E-state index is 0.165. The van der Waals surface area contributed by atoms with Crippen molar-refractivity contribution in [3.63, 3.8) is 0 Å². The van der Waals surface area contributed by atoms with Crippen molar-refractivity contribution >= 4 is 5.78 Å². The van der Waals surface area contributed by atoms with Crippen molar-refractivity contribution in [3.8, 4) is 0 Å². The summed E-state index contributed by atoms with van der Waals surface area (Å²) >= 11 is 0. The van der Waals surface area contributed by atoms with Gasteiger partial charge in [0.2, 0.25) is 0 Å². The molecular formula is C19H26O5. The SMILES string of the molecule is CC(/C=C/C1=CC2=CC(=O)[C@](C)(O)[C@H](O)[C@H]2CO1)=C\C(C)CCO. The molecule has 0 aromatic carbocycles. The molecule has 0 spiro atoms. The van der Waals surface area contributed by atoms with Crippen LogP contribution < -0.4 is 0 Å². The van der Waals surface area contributed by atoms with E-state index < -0.39 is 23.4 Å². The fourth-order valence-electron chi connectivity index (χ4n) is 2.95. The molecule has 0 saturated heterocycles. The first-order valence-electron chi connectivity index (χ1n) is 8.24. The molecule has 0 aromatic heterocycles. The molecule has 1 aliphatic carbocycles. The summed E-state index contributed by atoms with van der Waals surface area (Å²) in [5.41, 5.74) is -0.0274. The van der Waals surface area contributed by atoms with Gasteiger partial charge in [0.25, 0.3) is 0 Å². The van der Waals surface area contributed by atoms with Gasteiger partial charge in [-0.05, 0) is 50.0 Å². The van der Waals surface area contributed by atoms with Gasteiger partial charge in [0.1, 0.15) is 5.76 Å². The number of aliphatic hydroxyl groups excluding tert-OH is 2. The zero-order valence-electron chi connectivity index (χ0n) is 14.4. The number of fused-ring (bicyclic) bond motifs is 1. The molecule has 1 aliphatic heterocycles. The van der Waals surface area contributed by atoms with Crippen molar-refractivity contribution in [1.29, 1.82) is 0 Å². The summed E-state index contributed by atoms with van der Waals surface area (Å²) in [6, 6.07) is 0. The van der Waals surface area contributed by atoms with Crippen LogP contribution in [0.25, 0.3) is 0 Å². The molecule has 5 nitrogen and oxygen atoms in total. The van der Waals surface area contributed by atoms with Gasteiger partial charge < -0.3 is 20.1 Å². The average molecular weight is 334 g/mol. The van der Waals surface area contributed by atoms with Crippen molar-refractivity contribution in [2.45, 2.75) is 38.9 Å². The molecule has 1 heterocycles. The molecule has 3 N–H and O–H groups in total. The van der Waals surface area contributed by atoms with E-state index in [2.05, 4.69) is 6.08 Å². The van der Waals surface area contributed by atoms with Crippen LogP contribution in [0.1, 0.15) is 27.2 Å². The maximum atomic E-state index is 11.9. The highest BCUT2D eigenvalue weighted by Crippen LogP contribution is 2.35. The van der Waals surface area contributed by atoms with E-state index in [4.69, 9.17) is 9.84 Å². The van der Waals surface area contributed by atoms with Crippen LogP contribution in [0, 0.1) is 11.8 Å². The molecule has 0 aromatic rings. The fourth-order valence-corrected chi connectivity index (χ4v) is 2.95. The predicted molar refractivity (Wildman–Crippen MR) is 91.0 cm³/mol. The zero-order chi connectivity index (χ0) is 17.9. The second-order valence-corrected chi connectivity index (χ2v) is 6.80. The molecule has 132 valence electrons. The largest absolute Gasteiger partial charge is 0.493 e. The zero-order valence-corrected chi connectivity index (χ0v) is 14.4.